The molecule has 1 aliphatic carbocycles. The molecule has 4 atom stereocenters. The van der Waals surface area contributed by atoms with Crippen LogP contribution in [-0.4, -0.2) is 46.9 Å². The second kappa shape index (κ2) is 9.29. The number of nitrogens with zero attached hydrogens (tertiary/aromatic N) is 3. The normalized spacial score (nSPS) is 30.7. The van der Waals surface area contributed by atoms with E-state index in [0.717, 1.165) is 38.0 Å². The van der Waals surface area contributed by atoms with E-state index < -0.39 is 0 Å². The van der Waals surface area contributed by atoms with Crippen molar-refractivity contribution in [2.75, 3.05) is 18.0 Å². The summed E-state index contributed by atoms with van der Waals surface area (Å²) in [4.78, 5) is 15.0. The molecule has 0 aromatic carbocycles. The van der Waals surface area contributed by atoms with Crippen molar-refractivity contribution >= 4 is 36.4 Å². The fraction of sp³-hybridized carbons (Fsp3) is 0.778. The predicted octanol–water partition coefficient (Wildman–Crippen LogP) is 2.27. The highest BCUT2D eigenvalue weighted by atomic mass is 35.5. The van der Waals surface area contributed by atoms with Gasteiger partial charge in [-0.2, -0.15) is 5.10 Å². The molecule has 6 nitrogen and oxygen atoms in total. The van der Waals surface area contributed by atoms with Gasteiger partial charge in [-0.1, -0.05) is 12.8 Å². The van der Waals surface area contributed by atoms with Crippen LogP contribution in [0, 0.1) is 5.92 Å². The molecule has 148 valence electrons. The van der Waals surface area contributed by atoms with E-state index in [-0.39, 0.29) is 42.8 Å². The van der Waals surface area contributed by atoms with Crippen LogP contribution < -0.4 is 15.5 Å². The number of hydrogen-bond donors (Lipinski definition) is 2. The Balaban J connectivity index is 0.00000121. The van der Waals surface area contributed by atoms with Crippen LogP contribution in [0.4, 0.5) is 5.69 Å². The number of carbonyl (C=O) groups is 1. The first-order chi connectivity index (χ1) is 11.7. The molecule has 0 radical (unpaired) electrons. The van der Waals surface area contributed by atoms with Gasteiger partial charge in [0, 0.05) is 38.4 Å². The van der Waals surface area contributed by atoms with E-state index in [4.69, 9.17) is 0 Å². The maximum Gasteiger partial charge on any atom is 0.237 e. The maximum absolute atomic E-state index is 12.7. The molecule has 2 N–H and O–H groups in total. The summed E-state index contributed by atoms with van der Waals surface area (Å²) in [7, 11) is 1.94. The van der Waals surface area contributed by atoms with E-state index in [1.54, 1.807) is 0 Å². The van der Waals surface area contributed by atoms with Gasteiger partial charge in [-0.3, -0.25) is 9.48 Å². The Kier molecular flexibility index (Phi) is 7.62. The summed E-state index contributed by atoms with van der Waals surface area (Å²) in [6.45, 7) is 1.93. The highest BCUT2D eigenvalue weighted by Crippen LogP contribution is 2.33. The highest BCUT2D eigenvalue weighted by Gasteiger charge is 2.38. The lowest BCUT2D eigenvalue weighted by Gasteiger charge is -2.34. The van der Waals surface area contributed by atoms with Gasteiger partial charge in [0.25, 0.3) is 0 Å². The second-order valence-electron chi connectivity index (χ2n) is 7.77. The number of halogens is 2. The second-order valence-corrected chi connectivity index (χ2v) is 7.77. The van der Waals surface area contributed by atoms with Gasteiger partial charge in [-0.15, -0.1) is 24.8 Å². The van der Waals surface area contributed by atoms with Crippen molar-refractivity contribution in [3.05, 3.63) is 12.4 Å². The molecule has 4 rings (SSSR count). The first kappa shape index (κ1) is 21.3. The van der Waals surface area contributed by atoms with Gasteiger partial charge < -0.3 is 15.5 Å². The fourth-order valence-corrected chi connectivity index (χ4v) is 4.72. The Morgan fingerprint density at radius 3 is 2.77 bits per heavy atom. The third kappa shape index (κ3) is 4.65. The molecule has 8 heteroatoms. The molecule has 2 aliphatic heterocycles. The van der Waals surface area contributed by atoms with Crippen LogP contribution in [-0.2, 0) is 11.8 Å². The van der Waals surface area contributed by atoms with Crippen molar-refractivity contribution in [2.24, 2.45) is 13.0 Å². The van der Waals surface area contributed by atoms with E-state index >= 15 is 0 Å². The number of amides is 1. The molecule has 26 heavy (non-hydrogen) atoms. The van der Waals surface area contributed by atoms with Crippen LogP contribution >= 0.6 is 24.8 Å². The third-order valence-corrected chi connectivity index (χ3v) is 6.00. The van der Waals surface area contributed by atoms with Crippen LogP contribution in [0.25, 0.3) is 0 Å². The molecule has 2 saturated heterocycles. The molecular formula is C18H31Cl2N5O. The van der Waals surface area contributed by atoms with Gasteiger partial charge in [0.15, 0.2) is 0 Å². The summed E-state index contributed by atoms with van der Waals surface area (Å²) in [6.07, 6.45) is 12.3. The maximum atomic E-state index is 12.7. The number of aryl methyl sites for hydroxylation is 1. The lowest BCUT2D eigenvalue weighted by atomic mass is 9.85. The van der Waals surface area contributed by atoms with Crippen LogP contribution in [0.3, 0.4) is 0 Å². The van der Waals surface area contributed by atoms with Crippen LogP contribution in [0.1, 0.15) is 44.9 Å². The Morgan fingerprint density at radius 1 is 1.23 bits per heavy atom. The average molecular weight is 404 g/mol. The molecule has 0 spiro atoms. The number of piperidine rings is 1. The number of carbonyl (C=O) groups excluding carboxylic acids is 1. The van der Waals surface area contributed by atoms with Crippen LogP contribution in [0.2, 0.25) is 0 Å². The summed E-state index contributed by atoms with van der Waals surface area (Å²) < 4.78 is 1.84. The molecule has 3 heterocycles. The van der Waals surface area contributed by atoms with Crippen LogP contribution in [0.5, 0.6) is 0 Å². The SMILES string of the molecule is Cl.Cl.Cn1cc(N2CCCC(NC(=O)C3CC4CCCCC4N3)C2)cn1. The zero-order valence-corrected chi connectivity index (χ0v) is 17.0. The van der Waals surface area contributed by atoms with Crippen molar-refractivity contribution in [3.63, 3.8) is 0 Å². The minimum atomic E-state index is 0. The fourth-order valence-electron chi connectivity index (χ4n) is 4.72. The number of nitrogens with one attached hydrogen (secondary N) is 2. The lowest BCUT2D eigenvalue weighted by Crippen LogP contribution is -2.52. The van der Waals surface area contributed by atoms with E-state index in [0.29, 0.717) is 12.0 Å². The molecule has 3 aliphatic rings. The van der Waals surface area contributed by atoms with Gasteiger partial charge in [-0.05, 0) is 38.0 Å². The van der Waals surface area contributed by atoms with Crippen molar-refractivity contribution in [1.29, 1.82) is 0 Å². The Labute approximate surface area is 168 Å². The number of rotatable bonds is 3. The third-order valence-electron chi connectivity index (χ3n) is 6.00. The van der Waals surface area contributed by atoms with Crippen molar-refractivity contribution in [2.45, 2.75) is 63.1 Å². The number of aromatic nitrogens is 2. The lowest BCUT2D eigenvalue weighted by molar-refractivity contribution is -0.123. The number of hydrogen-bond acceptors (Lipinski definition) is 4. The molecule has 1 aromatic rings. The highest BCUT2D eigenvalue weighted by molar-refractivity contribution is 5.85. The monoisotopic (exact) mass is 403 g/mol. The minimum Gasteiger partial charge on any atom is -0.367 e. The van der Waals surface area contributed by atoms with Crippen molar-refractivity contribution in [1.82, 2.24) is 20.4 Å². The molecule has 4 unspecified atom stereocenters. The standard InChI is InChI=1S/C18H29N5O.2ClH/c1-22-12-15(10-19-22)23-8-4-6-14(11-23)20-18(24)17-9-13-5-2-3-7-16(13)21-17;;/h10,12-14,16-17,21H,2-9,11H2,1H3,(H,20,24);2*1H. The molecule has 3 fully saturated rings. The molecule has 1 saturated carbocycles. The van der Waals surface area contributed by atoms with E-state index in [1.165, 1.54) is 25.7 Å². The molecule has 1 aromatic heterocycles. The van der Waals surface area contributed by atoms with Crippen LogP contribution in [0.15, 0.2) is 12.4 Å². The first-order valence-corrected chi connectivity index (χ1v) is 9.49. The molecular weight excluding hydrogens is 373 g/mol. The van der Waals surface area contributed by atoms with Crippen molar-refractivity contribution < 1.29 is 4.79 Å². The summed E-state index contributed by atoms with van der Waals surface area (Å²) in [5.41, 5.74) is 1.15. The Bertz CT molecular complexity index is 582. The summed E-state index contributed by atoms with van der Waals surface area (Å²) >= 11 is 0. The first-order valence-electron chi connectivity index (χ1n) is 9.49. The van der Waals surface area contributed by atoms with Gasteiger partial charge in [0.2, 0.25) is 5.91 Å². The minimum absolute atomic E-state index is 0. The Hall–Kier alpha value is -0.980. The van der Waals surface area contributed by atoms with Gasteiger partial charge in [-0.25, -0.2) is 0 Å². The zero-order chi connectivity index (χ0) is 16.5. The van der Waals surface area contributed by atoms with Crippen molar-refractivity contribution in [3.8, 4) is 0 Å². The quantitative estimate of drug-likeness (QED) is 0.812. The summed E-state index contributed by atoms with van der Waals surface area (Å²) in [5, 5.41) is 11.2. The van der Waals surface area contributed by atoms with Gasteiger partial charge >= 0.3 is 0 Å². The molecule has 0 bridgehead atoms. The predicted molar refractivity (Wildman–Crippen MR) is 108 cm³/mol. The van der Waals surface area contributed by atoms with E-state index in [1.807, 2.05) is 24.1 Å². The number of anilines is 1. The average Bonchev–Trinajstić information content (AvgIpc) is 3.21. The van der Waals surface area contributed by atoms with E-state index in [2.05, 4.69) is 20.6 Å². The topological polar surface area (TPSA) is 62.2 Å². The van der Waals surface area contributed by atoms with Gasteiger partial charge in [0.1, 0.15) is 0 Å². The largest absolute Gasteiger partial charge is 0.367 e. The van der Waals surface area contributed by atoms with E-state index in [9.17, 15) is 4.79 Å². The zero-order valence-electron chi connectivity index (χ0n) is 15.4. The summed E-state index contributed by atoms with van der Waals surface area (Å²) in [5.74, 6) is 0.926. The Morgan fingerprint density at radius 2 is 2.04 bits per heavy atom. The smallest absolute Gasteiger partial charge is 0.237 e. The van der Waals surface area contributed by atoms with Gasteiger partial charge in [0.05, 0.1) is 17.9 Å². The number of fused-ring (bicyclic) bond motifs is 1. The summed E-state index contributed by atoms with van der Waals surface area (Å²) in [6, 6.07) is 0.843. The molecule has 1 amide bonds.